The lowest BCUT2D eigenvalue weighted by Gasteiger charge is -2.24. The third-order valence-electron chi connectivity index (χ3n) is 4.58. The first kappa shape index (κ1) is 19.2. The van der Waals surface area contributed by atoms with Crippen LogP contribution in [0.3, 0.4) is 0 Å². The zero-order valence-electron chi connectivity index (χ0n) is 17.2. The summed E-state index contributed by atoms with van der Waals surface area (Å²) in [6, 6.07) is 0. The first-order valence-corrected chi connectivity index (χ1v) is 9.16. The molecule has 146 valence electrons. The molecule has 3 heterocycles. The van der Waals surface area contributed by atoms with Gasteiger partial charge in [-0.3, -0.25) is 0 Å². The van der Waals surface area contributed by atoms with Crippen molar-refractivity contribution in [1.82, 2.24) is 44.8 Å². The monoisotopic (exact) mass is 371 g/mol. The number of rotatable bonds is 6. The van der Waals surface area contributed by atoms with E-state index in [2.05, 4.69) is 74.0 Å². The van der Waals surface area contributed by atoms with Crippen molar-refractivity contribution in [1.29, 1.82) is 0 Å². The van der Waals surface area contributed by atoms with Crippen molar-refractivity contribution in [2.75, 3.05) is 0 Å². The highest BCUT2D eigenvalue weighted by Gasteiger charge is 2.28. The van der Waals surface area contributed by atoms with Crippen molar-refractivity contribution in [2.45, 2.75) is 77.9 Å². The van der Waals surface area contributed by atoms with Gasteiger partial charge in [-0.2, -0.15) is 20.1 Å². The van der Waals surface area contributed by atoms with Crippen LogP contribution in [0.4, 0.5) is 0 Å². The van der Waals surface area contributed by atoms with Crippen LogP contribution in [-0.4, -0.2) is 44.8 Å². The normalized spacial score (nSPS) is 13.3. The van der Waals surface area contributed by atoms with Crippen molar-refractivity contribution < 1.29 is 0 Å². The molecule has 3 aromatic heterocycles. The fraction of sp³-hybridized carbons (Fsp3) is 0.667. The summed E-state index contributed by atoms with van der Waals surface area (Å²) in [6.45, 7) is 14.7. The lowest BCUT2D eigenvalue weighted by Crippen LogP contribution is -2.32. The first-order chi connectivity index (χ1) is 12.5. The molecule has 0 N–H and O–H groups in total. The molecule has 0 aliphatic heterocycles. The standard InChI is InChI=1S/C18H29N9/c1-16(2,3)25-11-15(22-24-25)9-18(6,7)27-20-10-14(23-27)8-17(4,5)26-13-19-12-21-26/h10-13H,8-9H2,1-7H3. The van der Waals surface area contributed by atoms with Crippen LogP contribution in [0.2, 0.25) is 0 Å². The molecule has 0 unspecified atom stereocenters. The van der Waals surface area contributed by atoms with Crippen molar-refractivity contribution >= 4 is 0 Å². The Morgan fingerprint density at radius 1 is 0.852 bits per heavy atom. The summed E-state index contributed by atoms with van der Waals surface area (Å²) in [4.78, 5) is 5.81. The van der Waals surface area contributed by atoms with Crippen LogP contribution in [0.1, 0.15) is 59.9 Å². The predicted octanol–water partition coefficient (Wildman–Crippen LogP) is 2.17. The van der Waals surface area contributed by atoms with Crippen LogP contribution >= 0.6 is 0 Å². The fourth-order valence-corrected chi connectivity index (χ4v) is 2.93. The quantitative estimate of drug-likeness (QED) is 0.659. The van der Waals surface area contributed by atoms with E-state index in [1.807, 2.05) is 21.8 Å². The Balaban J connectivity index is 1.73. The predicted molar refractivity (Wildman–Crippen MR) is 101 cm³/mol. The van der Waals surface area contributed by atoms with Crippen LogP contribution in [0.25, 0.3) is 0 Å². The second kappa shape index (κ2) is 6.54. The molecule has 0 bridgehead atoms. The molecular weight excluding hydrogens is 342 g/mol. The van der Waals surface area contributed by atoms with Gasteiger partial charge in [-0.05, 0) is 48.5 Å². The zero-order valence-corrected chi connectivity index (χ0v) is 17.2. The van der Waals surface area contributed by atoms with E-state index in [1.54, 1.807) is 17.5 Å². The van der Waals surface area contributed by atoms with E-state index in [4.69, 9.17) is 5.10 Å². The van der Waals surface area contributed by atoms with E-state index >= 15 is 0 Å². The maximum atomic E-state index is 4.72. The van der Waals surface area contributed by atoms with E-state index in [0.29, 0.717) is 12.8 Å². The van der Waals surface area contributed by atoms with Crippen molar-refractivity contribution in [3.63, 3.8) is 0 Å². The third-order valence-corrected chi connectivity index (χ3v) is 4.58. The Morgan fingerprint density at radius 3 is 2.15 bits per heavy atom. The Bertz CT molecular complexity index is 878. The third kappa shape index (κ3) is 4.23. The molecule has 0 aromatic carbocycles. The van der Waals surface area contributed by atoms with Crippen molar-refractivity contribution in [3.05, 3.63) is 36.4 Å². The van der Waals surface area contributed by atoms with Crippen LogP contribution in [0.5, 0.6) is 0 Å². The van der Waals surface area contributed by atoms with Gasteiger partial charge in [-0.25, -0.2) is 14.3 Å². The average molecular weight is 371 g/mol. The molecule has 9 nitrogen and oxygen atoms in total. The molecule has 0 atom stereocenters. The zero-order chi connectivity index (χ0) is 19.9. The number of nitrogens with zero attached hydrogens (tertiary/aromatic N) is 9. The number of hydrogen-bond donors (Lipinski definition) is 0. The van der Waals surface area contributed by atoms with E-state index in [1.165, 1.54) is 0 Å². The fourth-order valence-electron chi connectivity index (χ4n) is 2.93. The summed E-state index contributed by atoms with van der Waals surface area (Å²) in [7, 11) is 0. The first-order valence-electron chi connectivity index (χ1n) is 9.16. The topological polar surface area (TPSA) is 92.1 Å². The van der Waals surface area contributed by atoms with Crippen LogP contribution < -0.4 is 0 Å². The van der Waals surface area contributed by atoms with Crippen LogP contribution in [0.15, 0.2) is 25.0 Å². The van der Waals surface area contributed by atoms with Gasteiger partial charge in [-0.1, -0.05) is 5.21 Å². The van der Waals surface area contributed by atoms with Crippen LogP contribution in [-0.2, 0) is 29.5 Å². The van der Waals surface area contributed by atoms with Gasteiger partial charge in [0.15, 0.2) is 0 Å². The van der Waals surface area contributed by atoms with Gasteiger partial charge in [-0.15, -0.1) is 5.10 Å². The molecule has 0 saturated heterocycles. The van der Waals surface area contributed by atoms with Gasteiger partial charge in [0.1, 0.15) is 12.7 Å². The average Bonchev–Trinajstić information content (AvgIpc) is 3.27. The molecule has 3 rings (SSSR count). The van der Waals surface area contributed by atoms with E-state index in [-0.39, 0.29) is 16.6 Å². The second-order valence-electron chi connectivity index (χ2n) is 9.27. The molecule has 3 aromatic rings. The highest BCUT2D eigenvalue weighted by molar-refractivity contribution is 5.02. The van der Waals surface area contributed by atoms with Gasteiger partial charge in [0.25, 0.3) is 0 Å². The summed E-state index contributed by atoms with van der Waals surface area (Å²) < 4.78 is 3.74. The van der Waals surface area contributed by atoms with Gasteiger partial charge in [0.2, 0.25) is 0 Å². The second-order valence-corrected chi connectivity index (χ2v) is 9.27. The van der Waals surface area contributed by atoms with Crippen molar-refractivity contribution in [2.24, 2.45) is 0 Å². The number of hydrogen-bond acceptors (Lipinski definition) is 6. The number of aromatic nitrogens is 9. The maximum Gasteiger partial charge on any atom is 0.137 e. The Kier molecular flexibility index (Phi) is 4.65. The Labute approximate surface area is 159 Å². The van der Waals surface area contributed by atoms with E-state index in [0.717, 1.165) is 11.4 Å². The smallest absolute Gasteiger partial charge is 0.137 e. The molecule has 27 heavy (non-hydrogen) atoms. The minimum atomic E-state index is -0.311. The molecule has 0 aliphatic carbocycles. The molecule has 0 saturated carbocycles. The molecular formula is C18H29N9. The Hall–Kier alpha value is -2.58. The summed E-state index contributed by atoms with van der Waals surface area (Å²) in [5, 5.41) is 22.0. The molecule has 9 heteroatoms. The molecule has 0 spiro atoms. The van der Waals surface area contributed by atoms with Gasteiger partial charge >= 0.3 is 0 Å². The minimum absolute atomic E-state index is 0.0839. The highest BCUT2D eigenvalue weighted by Crippen LogP contribution is 2.22. The Morgan fingerprint density at radius 2 is 1.56 bits per heavy atom. The van der Waals surface area contributed by atoms with Gasteiger partial charge in [0.05, 0.1) is 34.2 Å². The lowest BCUT2D eigenvalue weighted by molar-refractivity contribution is 0.270. The molecule has 0 radical (unpaired) electrons. The van der Waals surface area contributed by atoms with Gasteiger partial charge in [0, 0.05) is 19.0 Å². The molecule has 0 amide bonds. The van der Waals surface area contributed by atoms with Crippen LogP contribution in [0, 0.1) is 0 Å². The SMILES string of the molecule is CC(C)(C)n1cc(CC(C)(C)n2ncc(CC(C)(C)n3cncn3)n2)nn1. The van der Waals surface area contributed by atoms with E-state index in [9.17, 15) is 0 Å². The molecule has 0 fully saturated rings. The summed E-state index contributed by atoms with van der Waals surface area (Å²) >= 11 is 0. The lowest BCUT2D eigenvalue weighted by atomic mass is 9.99. The molecule has 0 aliphatic rings. The highest BCUT2D eigenvalue weighted by atomic mass is 15.5. The summed E-state index contributed by atoms with van der Waals surface area (Å²) in [5.74, 6) is 0. The maximum absolute atomic E-state index is 4.72. The van der Waals surface area contributed by atoms with Gasteiger partial charge < -0.3 is 0 Å². The minimum Gasteiger partial charge on any atom is -0.247 e. The van der Waals surface area contributed by atoms with Crippen molar-refractivity contribution in [3.8, 4) is 0 Å². The summed E-state index contributed by atoms with van der Waals surface area (Å²) in [6.07, 6.45) is 8.52. The van der Waals surface area contributed by atoms with E-state index < -0.39 is 0 Å². The largest absolute Gasteiger partial charge is 0.247 e. The summed E-state index contributed by atoms with van der Waals surface area (Å²) in [5.41, 5.74) is 1.23.